The topological polar surface area (TPSA) is 36.9 Å². The number of pyridine rings is 1. The van der Waals surface area contributed by atoms with Gasteiger partial charge in [-0.15, -0.1) is 0 Å². The summed E-state index contributed by atoms with van der Waals surface area (Å²) in [4.78, 5) is 10.3. The van der Waals surface area contributed by atoms with E-state index in [4.69, 9.17) is 12.2 Å². The highest BCUT2D eigenvalue weighted by Crippen LogP contribution is 2.20. The molecule has 1 fully saturated rings. The summed E-state index contributed by atoms with van der Waals surface area (Å²) in [6, 6.07) is 4.09. The molecule has 0 bridgehead atoms. The number of nitrogens with one attached hydrogen (secondary N) is 1. The van der Waals surface area contributed by atoms with Gasteiger partial charge in [-0.05, 0) is 63.6 Å². The Kier molecular flexibility index (Phi) is 3.41. The van der Waals surface area contributed by atoms with Crippen molar-refractivity contribution in [2.75, 3.05) is 20.1 Å². The molecule has 1 aliphatic heterocycles. The molecule has 3 heterocycles. The van der Waals surface area contributed by atoms with Crippen LogP contribution >= 0.6 is 12.2 Å². The highest BCUT2D eigenvalue weighted by molar-refractivity contribution is 7.71. The van der Waals surface area contributed by atoms with Crippen molar-refractivity contribution < 1.29 is 0 Å². The SMILES string of the molecule is Cc1ccc2[nH]c(=S)n(CC3CCCN(C)C3)c2n1. The number of aryl methyl sites for hydroxylation is 1. The van der Waals surface area contributed by atoms with E-state index in [-0.39, 0.29) is 0 Å². The highest BCUT2D eigenvalue weighted by atomic mass is 32.1. The van der Waals surface area contributed by atoms with Crippen LogP contribution in [-0.2, 0) is 6.54 Å². The van der Waals surface area contributed by atoms with Crippen molar-refractivity contribution in [3.05, 3.63) is 22.6 Å². The van der Waals surface area contributed by atoms with Crippen LogP contribution in [0.4, 0.5) is 0 Å². The molecule has 0 spiro atoms. The van der Waals surface area contributed by atoms with Crippen LogP contribution in [0.1, 0.15) is 18.5 Å². The normalized spacial score (nSPS) is 21.1. The lowest BCUT2D eigenvalue weighted by Crippen LogP contribution is -2.34. The fraction of sp³-hybridized carbons (Fsp3) is 0.571. The van der Waals surface area contributed by atoms with E-state index in [1.165, 1.54) is 19.4 Å². The Morgan fingerprint density at radius 2 is 2.32 bits per heavy atom. The predicted molar refractivity (Wildman–Crippen MR) is 79.9 cm³/mol. The van der Waals surface area contributed by atoms with E-state index in [1.54, 1.807) is 0 Å². The quantitative estimate of drug-likeness (QED) is 0.857. The molecule has 1 aliphatic rings. The van der Waals surface area contributed by atoms with E-state index in [2.05, 4.69) is 32.5 Å². The second-order valence-corrected chi connectivity index (χ2v) is 6.02. The third kappa shape index (κ3) is 2.58. The maximum atomic E-state index is 5.45. The van der Waals surface area contributed by atoms with Gasteiger partial charge in [0.2, 0.25) is 0 Å². The Balaban J connectivity index is 1.93. The Hall–Kier alpha value is -1.20. The van der Waals surface area contributed by atoms with Gasteiger partial charge in [0.15, 0.2) is 10.4 Å². The first-order valence-corrected chi connectivity index (χ1v) is 7.29. The third-order valence-electron chi connectivity index (χ3n) is 3.92. The molecule has 1 saturated heterocycles. The van der Waals surface area contributed by atoms with Gasteiger partial charge in [0, 0.05) is 18.8 Å². The van der Waals surface area contributed by atoms with Gasteiger partial charge < -0.3 is 14.5 Å². The molecule has 0 aromatic carbocycles. The van der Waals surface area contributed by atoms with Crippen LogP contribution in [0.5, 0.6) is 0 Å². The Bertz CT molecular complexity index is 642. The number of nitrogens with zero attached hydrogens (tertiary/aromatic N) is 3. The second-order valence-electron chi connectivity index (χ2n) is 5.64. The number of rotatable bonds is 2. The van der Waals surface area contributed by atoms with E-state index < -0.39 is 0 Å². The van der Waals surface area contributed by atoms with Crippen molar-refractivity contribution in [1.29, 1.82) is 0 Å². The molecular formula is C14H20N4S. The Morgan fingerprint density at radius 3 is 3.11 bits per heavy atom. The minimum Gasteiger partial charge on any atom is -0.329 e. The van der Waals surface area contributed by atoms with E-state index >= 15 is 0 Å². The Labute approximate surface area is 118 Å². The smallest absolute Gasteiger partial charge is 0.179 e. The molecule has 5 heteroatoms. The maximum absolute atomic E-state index is 5.45. The standard InChI is InChI=1S/C14H20N4S/c1-10-5-6-12-13(15-10)18(14(19)16-12)9-11-4-3-7-17(2)8-11/h5-6,11H,3-4,7-9H2,1-2H3,(H,16,19). The van der Waals surface area contributed by atoms with Gasteiger partial charge in [0.1, 0.15) is 0 Å². The number of H-pyrrole nitrogens is 1. The molecule has 0 aliphatic carbocycles. The predicted octanol–water partition coefficient (Wildman–Crippen LogP) is 2.74. The summed E-state index contributed by atoms with van der Waals surface area (Å²) in [5.41, 5.74) is 3.08. The fourth-order valence-electron chi connectivity index (χ4n) is 2.98. The first-order valence-electron chi connectivity index (χ1n) is 6.88. The Morgan fingerprint density at radius 1 is 1.47 bits per heavy atom. The number of fused-ring (bicyclic) bond motifs is 1. The number of aromatic amines is 1. The first-order chi connectivity index (χ1) is 9.13. The molecular weight excluding hydrogens is 256 g/mol. The average molecular weight is 276 g/mol. The summed E-state index contributed by atoms with van der Waals surface area (Å²) < 4.78 is 2.96. The lowest BCUT2D eigenvalue weighted by atomic mass is 9.98. The second kappa shape index (κ2) is 5.06. The van der Waals surface area contributed by atoms with Gasteiger partial charge in [-0.1, -0.05) is 0 Å². The van der Waals surface area contributed by atoms with Gasteiger partial charge in [0.05, 0.1) is 5.52 Å². The molecule has 3 rings (SSSR count). The van der Waals surface area contributed by atoms with Gasteiger partial charge in [-0.3, -0.25) is 0 Å². The number of piperidine rings is 1. The van der Waals surface area contributed by atoms with Crippen LogP contribution < -0.4 is 0 Å². The molecule has 1 unspecified atom stereocenters. The molecule has 2 aromatic rings. The van der Waals surface area contributed by atoms with E-state index in [9.17, 15) is 0 Å². The zero-order chi connectivity index (χ0) is 13.4. The molecule has 1 atom stereocenters. The zero-order valence-electron chi connectivity index (χ0n) is 11.5. The first kappa shape index (κ1) is 12.8. The van der Waals surface area contributed by atoms with Gasteiger partial charge in [-0.25, -0.2) is 4.98 Å². The largest absolute Gasteiger partial charge is 0.329 e. The summed E-state index contributed by atoms with van der Waals surface area (Å²) in [5, 5.41) is 0. The maximum Gasteiger partial charge on any atom is 0.179 e. The van der Waals surface area contributed by atoms with Crippen LogP contribution in [-0.4, -0.2) is 39.6 Å². The lowest BCUT2D eigenvalue weighted by molar-refractivity contribution is 0.195. The molecule has 4 nitrogen and oxygen atoms in total. The van der Waals surface area contributed by atoms with E-state index in [0.717, 1.165) is 34.7 Å². The average Bonchev–Trinajstić information content (AvgIpc) is 2.66. The molecule has 0 radical (unpaired) electrons. The number of hydrogen-bond acceptors (Lipinski definition) is 3. The summed E-state index contributed by atoms with van der Waals surface area (Å²) >= 11 is 5.45. The molecule has 0 amide bonds. The summed E-state index contributed by atoms with van der Waals surface area (Å²) in [7, 11) is 2.20. The van der Waals surface area contributed by atoms with Crippen molar-refractivity contribution in [3.8, 4) is 0 Å². The number of likely N-dealkylation sites (tertiary alicyclic amines) is 1. The molecule has 102 valence electrons. The van der Waals surface area contributed by atoms with E-state index in [1.807, 2.05) is 13.0 Å². The van der Waals surface area contributed by atoms with Crippen LogP contribution in [0, 0.1) is 17.6 Å². The summed E-state index contributed by atoms with van der Waals surface area (Å²) in [5.74, 6) is 0.673. The monoisotopic (exact) mass is 276 g/mol. The van der Waals surface area contributed by atoms with Crippen LogP contribution in [0.25, 0.3) is 11.2 Å². The van der Waals surface area contributed by atoms with Crippen molar-refractivity contribution >= 4 is 23.4 Å². The van der Waals surface area contributed by atoms with Crippen molar-refractivity contribution in [3.63, 3.8) is 0 Å². The molecule has 2 aromatic heterocycles. The molecule has 0 saturated carbocycles. The van der Waals surface area contributed by atoms with Crippen LogP contribution in [0.2, 0.25) is 0 Å². The van der Waals surface area contributed by atoms with Crippen LogP contribution in [0.3, 0.4) is 0 Å². The minimum absolute atomic E-state index is 0.673. The van der Waals surface area contributed by atoms with Crippen molar-refractivity contribution in [2.45, 2.75) is 26.3 Å². The lowest BCUT2D eigenvalue weighted by Gasteiger charge is -2.29. The van der Waals surface area contributed by atoms with Crippen molar-refractivity contribution in [2.24, 2.45) is 5.92 Å². The van der Waals surface area contributed by atoms with Crippen LogP contribution in [0.15, 0.2) is 12.1 Å². The van der Waals surface area contributed by atoms with Gasteiger partial charge in [0.25, 0.3) is 0 Å². The zero-order valence-corrected chi connectivity index (χ0v) is 12.3. The van der Waals surface area contributed by atoms with Gasteiger partial charge in [-0.2, -0.15) is 0 Å². The summed E-state index contributed by atoms with van der Waals surface area (Å²) in [6.45, 7) is 5.36. The highest BCUT2D eigenvalue weighted by Gasteiger charge is 2.19. The number of hydrogen-bond donors (Lipinski definition) is 1. The van der Waals surface area contributed by atoms with E-state index in [0.29, 0.717) is 5.92 Å². The third-order valence-corrected chi connectivity index (χ3v) is 4.24. The minimum atomic E-state index is 0.673. The van der Waals surface area contributed by atoms with Crippen molar-refractivity contribution in [1.82, 2.24) is 19.4 Å². The molecule has 19 heavy (non-hydrogen) atoms. The fourth-order valence-corrected chi connectivity index (χ4v) is 3.25. The number of aromatic nitrogens is 3. The summed E-state index contributed by atoms with van der Waals surface area (Å²) in [6.07, 6.45) is 2.56. The van der Waals surface area contributed by atoms with Gasteiger partial charge >= 0.3 is 0 Å². The molecule has 1 N–H and O–H groups in total. The number of imidazole rings is 1.